The first-order valence-corrected chi connectivity index (χ1v) is 6.46. The predicted octanol–water partition coefficient (Wildman–Crippen LogP) is 2.83. The monoisotopic (exact) mass is 304 g/mol. The zero-order chi connectivity index (χ0) is 16.3. The Morgan fingerprint density at radius 2 is 1.95 bits per heavy atom. The predicted molar refractivity (Wildman–Crippen MR) is 73.9 cm³/mol. The summed E-state index contributed by atoms with van der Waals surface area (Å²) in [5, 5.41) is 2.53. The quantitative estimate of drug-likeness (QED) is 0.822. The number of hydrogen-bond donors (Lipinski definition) is 2. The van der Waals surface area contributed by atoms with Crippen molar-refractivity contribution in [2.45, 2.75) is 32.5 Å². The normalized spacial score (nSPS) is 12.3. The first-order valence-electron chi connectivity index (χ1n) is 6.46. The van der Waals surface area contributed by atoms with Crippen molar-refractivity contribution in [2.75, 3.05) is 18.9 Å². The summed E-state index contributed by atoms with van der Waals surface area (Å²) < 4.78 is 43.6. The topological polar surface area (TPSA) is 64.3 Å². The number of hydrogen-bond acceptors (Lipinski definition) is 3. The molecule has 7 heteroatoms. The van der Waals surface area contributed by atoms with Gasteiger partial charge in [0, 0.05) is 13.2 Å². The van der Waals surface area contributed by atoms with Crippen LogP contribution in [0.15, 0.2) is 18.2 Å². The van der Waals surface area contributed by atoms with E-state index in [0.717, 1.165) is 12.1 Å². The van der Waals surface area contributed by atoms with E-state index in [-0.39, 0.29) is 12.1 Å². The molecule has 0 spiro atoms. The number of anilines is 1. The van der Waals surface area contributed by atoms with Crippen LogP contribution in [0.3, 0.4) is 0 Å². The van der Waals surface area contributed by atoms with Gasteiger partial charge in [-0.1, -0.05) is 6.07 Å². The summed E-state index contributed by atoms with van der Waals surface area (Å²) in [6, 6.07) is 3.26. The second kappa shape index (κ2) is 6.34. The van der Waals surface area contributed by atoms with Crippen LogP contribution < -0.4 is 11.1 Å². The van der Waals surface area contributed by atoms with Crippen molar-refractivity contribution < 1.29 is 22.7 Å². The Balaban J connectivity index is 2.90. The Bertz CT molecular complexity index is 513. The fourth-order valence-corrected chi connectivity index (χ4v) is 1.84. The Labute approximate surface area is 121 Å². The summed E-state index contributed by atoms with van der Waals surface area (Å²) in [6.07, 6.45) is -4.59. The van der Waals surface area contributed by atoms with E-state index in [1.165, 1.54) is 6.07 Å². The van der Waals surface area contributed by atoms with Gasteiger partial charge in [-0.25, -0.2) is 0 Å². The number of amides is 1. The molecule has 0 aliphatic carbocycles. The maximum Gasteiger partial charge on any atom is 0.418 e. The summed E-state index contributed by atoms with van der Waals surface area (Å²) in [5.41, 5.74) is 3.06. The molecule has 1 aromatic rings. The van der Waals surface area contributed by atoms with E-state index in [4.69, 9.17) is 10.5 Å². The third-order valence-corrected chi connectivity index (χ3v) is 2.87. The van der Waals surface area contributed by atoms with E-state index < -0.39 is 28.9 Å². The molecule has 0 fully saturated rings. The van der Waals surface area contributed by atoms with Crippen molar-refractivity contribution in [3.05, 3.63) is 29.3 Å². The lowest BCUT2D eigenvalue weighted by Crippen LogP contribution is -2.40. The van der Waals surface area contributed by atoms with E-state index in [2.05, 4.69) is 5.32 Å². The molecule has 0 bridgehead atoms. The van der Waals surface area contributed by atoms with Crippen molar-refractivity contribution in [1.82, 2.24) is 5.32 Å². The van der Waals surface area contributed by atoms with E-state index in [1.807, 2.05) is 6.92 Å². The second-order valence-corrected chi connectivity index (χ2v) is 5.14. The number of carbonyl (C=O) groups is 1. The zero-order valence-corrected chi connectivity index (χ0v) is 12.2. The Morgan fingerprint density at radius 3 is 2.48 bits per heavy atom. The molecule has 4 nitrogen and oxygen atoms in total. The van der Waals surface area contributed by atoms with Gasteiger partial charge in [-0.15, -0.1) is 0 Å². The molecule has 1 rings (SSSR count). The highest BCUT2D eigenvalue weighted by atomic mass is 19.4. The lowest BCUT2D eigenvalue weighted by Gasteiger charge is -2.25. The summed E-state index contributed by atoms with van der Waals surface area (Å²) in [7, 11) is 0. The van der Waals surface area contributed by atoms with Crippen molar-refractivity contribution in [3.8, 4) is 0 Å². The molecule has 0 saturated carbocycles. The molecular formula is C14H19F3N2O2. The SMILES string of the molecule is CCOC(C)(C)CNC(=O)c1cccc(C(F)(F)F)c1N. The number of ether oxygens (including phenoxy) is 1. The molecule has 118 valence electrons. The number of nitrogens with two attached hydrogens (primary N) is 1. The summed E-state index contributed by atoms with van der Waals surface area (Å²) >= 11 is 0. The third-order valence-electron chi connectivity index (χ3n) is 2.87. The van der Waals surface area contributed by atoms with Gasteiger partial charge >= 0.3 is 6.18 Å². The maximum atomic E-state index is 12.7. The fourth-order valence-electron chi connectivity index (χ4n) is 1.84. The standard InChI is InChI=1S/C14H19F3N2O2/c1-4-21-13(2,3)8-19-12(20)9-6-5-7-10(11(9)18)14(15,16)17/h5-7H,4,8,18H2,1-3H3,(H,19,20). The minimum atomic E-state index is -4.59. The highest BCUT2D eigenvalue weighted by Gasteiger charge is 2.34. The van der Waals surface area contributed by atoms with Gasteiger partial charge in [0.25, 0.3) is 5.91 Å². The summed E-state index contributed by atoms with van der Waals surface area (Å²) in [4.78, 5) is 12.0. The van der Waals surface area contributed by atoms with Gasteiger partial charge in [-0.2, -0.15) is 13.2 Å². The highest BCUT2D eigenvalue weighted by molar-refractivity contribution is 5.99. The minimum absolute atomic E-state index is 0.162. The van der Waals surface area contributed by atoms with Gasteiger partial charge in [0.2, 0.25) is 0 Å². The van der Waals surface area contributed by atoms with Crippen molar-refractivity contribution in [2.24, 2.45) is 0 Å². The molecule has 0 heterocycles. The van der Waals surface area contributed by atoms with Gasteiger partial charge in [-0.3, -0.25) is 4.79 Å². The van der Waals surface area contributed by atoms with Crippen molar-refractivity contribution >= 4 is 11.6 Å². The molecule has 0 unspecified atom stereocenters. The average molecular weight is 304 g/mol. The van der Waals surface area contributed by atoms with Gasteiger partial charge in [0.15, 0.2) is 0 Å². The first-order chi connectivity index (χ1) is 9.58. The largest absolute Gasteiger partial charge is 0.418 e. The molecule has 0 atom stereocenters. The van der Waals surface area contributed by atoms with E-state index in [1.54, 1.807) is 13.8 Å². The number of para-hydroxylation sites is 1. The Morgan fingerprint density at radius 1 is 1.33 bits per heavy atom. The van der Waals surface area contributed by atoms with Gasteiger partial charge in [-0.05, 0) is 32.9 Å². The molecule has 1 aromatic carbocycles. The van der Waals surface area contributed by atoms with Crippen LogP contribution in [0.5, 0.6) is 0 Å². The lowest BCUT2D eigenvalue weighted by molar-refractivity contribution is -0.136. The van der Waals surface area contributed by atoms with Gasteiger partial charge in [0.1, 0.15) is 0 Å². The fraction of sp³-hybridized carbons (Fsp3) is 0.500. The van der Waals surface area contributed by atoms with Crippen LogP contribution in [-0.2, 0) is 10.9 Å². The van der Waals surface area contributed by atoms with Crippen LogP contribution in [0.4, 0.5) is 18.9 Å². The molecule has 0 aliphatic rings. The Kier molecular flexibility index (Phi) is 5.22. The van der Waals surface area contributed by atoms with Gasteiger partial charge in [0.05, 0.1) is 22.4 Å². The summed E-state index contributed by atoms with van der Waals surface area (Å²) in [6.45, 7) is 5.98. The van der Waals surface area contributed by atoms with Gasteiger partial charge < -0.3 is 15.8 Å². The van der Waals surface area contributed by atoms with Crippen LogP contribution in [0.1, 0.15) is 36.7 Å². The van der Waals surface area contributed by atoms with Crippen LogP contribution >= 0.6 is 0 Å². The van der Waals surface area contributed by atoms with Crippen LogP contribution in [-0.4, -0.2) is 24.7 Å². The number of carbonyl (C=O) groups excluding carboxylic acids is 1. The third kappa shape index (κ3) is 4.63. The second-order valence-electron chi connectivity index (χ2n) is 5.14. The zero-order valence-electron chi connectivity index (χ0n) is 12.2. The van der Waals surface area contributed by atoms with Crippen molar-refractivity contribution in [3.63, 3.8) is 0 Å². The number of alkyl halides is 3. The Hall–Kier alpha value is -1.76. The van der Waals surface area contributed by atoms with Crippen LogP contribution in [0, 0.1) is 0 Å². The molecular weight excluding hydrogens is 285 g/mol. The van der Waals surface area contributed by atoms with Crippen LogP contribution in [0.2, 0.25) is 0 Å². The average Bonchev–Trinajstić information content (AvgIpc) is 2.35. The minimum Gasteiger partial charge on any atom is -0.398 e. The van der Waals surface area contributed by atoms with E-state index >= 15 is 0 Å². The molecule has 0 radical (unpaired) electrons. The number of rotatable bonds is 5. The van der Waals surface area contributed by atoms with E-state index in [0.29, 0.717) is 6.61 Å². The number of nitrogens with one attached hydrogen (secondary N) is 1. The maximum absolute atomic E-state index is 12.7. The first kappa shape index (κ1) is 17.3. The molecule has 0 aromatic heterocycles. The van der Waals surface area contributed by atoms with Crippen molar-refractivity contribution in [1.29, 1.82) is 0 Å². The number of nitrogen functional groups attached to an aromatic ring is 1. The summed E-state index contributed by atoms with van der Waals surface area (Å²) in [5.74, 6) is -0.661. The number of halogens is 3. The molecule has 1 amide bonds. The smallest absolute Gasteiger partial charge is 0.398 e. The molecule has 0 aliphatic heterocycles. The molecule has 21 heavy (non-hydrogen) atoms. The van der Waals surface area contributed by atoms with E-state index in [9.17, 15) is 18.0 Å². The molecule has 3 N–H and O–H groups in total. The number of benzene rings is 1. The lowest BCUT2D eigenvalue weighted by atomic mass is 10.1. The molecule has 0 saturated heterocycles. The highest BCUT2D eigenvalue weighted by Crippen LogP contribution is 2.34. The van der Waals surface area contributed by atoms with Crippen LogP contribution in [0.25, 0.3) is 0 Å².